The summed E-state index contributed by atoms with van der Waals surface area (Å²) >= 11 is 0. The number of ether oxygens (including phenoxy) is 2. The summed E-state index contributed by atoms with van der Waals surface area (Å²) in [6, 6.07) is 9.80. The van der Waals surface area contributed by atoms with Crippen LogP contribution in [0.15, 0.2) is 51.9 Å². The van der Waals surface area contributed by atoms with Crippen LogP contribution in [-0.4, -0.2) is 22.7 Å². The van der Waals surface area contributed by atoms with Crippen molar-refractivity contribution < 1.29 is 18.7 Å². The summed E-state index contributed by atoms with van der Waals surface area (Å²) < 4.78 is 15.7. The van der Waals surface area contributed by atoms with Crippen LogP contribution in [0.25, 0.3) is 11.5 Å². The van der Waals surface area contributed by atoms with Crippen LogP contribution in [0.3, 0.4) is 0 Å². The Bertz CT molecular complexity index is 962. The van der Waals surface area contributed by atoms with E-state index in [9.17, 15) is 9.59 Å². The van der Waals surface area contributed by atoms with Gasteiger partial charge in [0.2, 0.25) is 6.79 Å². The molecule has 0 spiro atoms. The number of nitrogens with one attached hydrogen (secondary N) is 2. The Morgan fingerprint density at radius 1 is 1.17 bits per heavy atom. The Balaban J connectivity index is 1.61. The van der Waals surface area contributed by atoms with E-state index in [2.05, 4.69) is 15.3 Å². The quantitative estimate of drug-likeness (QED) is 0.763. The topological polar surface area (TPSA) is 106 Å². The third-order valence-corrected chi connectivity index (χ3v) is 3.39. The van der Waals surface area contributed by atoms with Crippen LogP contribution >= 0.6 is 0 Å². The summed E-state index contributed by atoms with van der Waals surface area (Å²) in [6.07, 6.45) is 1.47. The summed E-state index contributed by atoms with van der Waals surface area (Å²) in [4.78, 5) is 30.3. The molecule has 0 saturated heterocycles. The van der Waals surface area contributed by atoms with E-state index < -0.39 is 11.6 Å². The lowest BCUT2D eigenvalue weighted by Gasteiger charge is -2.06. The average molecular weight is 325 g/mol. The summed E-state index contributed by atoms with van der Waals surface area (Å²) in [6.45, 7) is 0.148. The lowest BCUT2D eigenvalue weighted by molar-refractivity contribution is 0.102. The van der Waals surface area contributed by atoms with Crippen molar-refractivity contribution in [3.05, 3.63) is 58.8 Å². The fourth-order valence-electron chi connectivity index (χ4n) is 2.31. The van der Waals surface area contributed by atoms with E-state index in [0.29, 0.717) is 28.6 Å². The van der Waals surface area contributed by atoms with E-state index in [1.54, 1.807) is 30.3 Å². The number of hydrogen-bond donors (Lipinski definition) is 2. The molecule has 3 aromatic rings. The number of hydrogen-bond acceptors (Lipinski definition) is 6. The number of furan rings is 1. The van der Waals surface area contributed by atoms with Gasteiger partial charge < -0.3 is 24.2 Å². The Morgan fingerprint density at radius 2 is 2.04 bits per heavy atom. The summed E-state index contributed by atoms with van der Waals surface area (Å²) in [5, 5.41) is 2.67. The standard InChI is InChI=1S/C16H11N3O5/c20-15(17-9-3-4-13-14(6-9)24-8-23-13)11-7-10(18-16(21)19-11)12-2-1-5-22-12/h1-7H,8H2,(H,17,20)(H,18,19,21). The molecule has 2 N–H and O–H groups in total. The normalized spacial score (nSPS) is 12.2. The Labute approximate surface area is 135 Å². The molecule has 2 aromatic heterocycles. The summed E-state index contributed by atoms with van der Waals surface area (Å²) in [5.41, 5.74) is 0.212. The van der Waals surface area contributed by atoms with E-state index in [1.807, 2.05) is 0 Å². The molecule has 0 radical (unpaired) electrons. The fourth-order valence-corrected chi connectivity index (χ4v) is 2.31. The lowest BCUT2D eigenvalue weighted by Crippen LogP contribution is -2.21. The molecular weight excluding hydrogens is 314 g/mol. The predicted molar refractivity (Wildman–Crippen MR) is 83.1 cm³/mol. The monoisotopic (exact) mass is 325 g/mol. The lowest BCUT2D eigenvalue weighted by atomic mass is 10.2. The average Bonchev–Trinajstić information content (AvgIpc) is 3.25. The number of aromatic nitrogens is 2. The number of carbonyl (C=O) groups is 1. The first-order valence-electron chi connectivity index (χ1n) is 7.05. The van der Waals surface area contributed by atoms with Crippen molar-refractivity contribution in [2.45, 2.75) is 0 Å². The van der Waals surface area contributed by atoms with E-state index >= 15 is 0 Å². The Hall–Kier alpha value is -3.55. The molecule has 0 unspecified atom stereocenters. The third-order valence-electron chi connectivity index (χ3n) is 3.39. The van der Waals surface area contributed by atoms with Gasteiger partial charge in [0.1, 0.15) is 11.5 Å². The van der Waals surface area contributed by atoms with E-state index in [-0.39, 0.29) is 12.5 Å². The number of fused-ring (bicyclic) bond motifs is 1. The zero-order valence-corrected chi connectivity index (χ0v) is 12.2. The van der Waals surface area contributed by atoms with Gasteiger partial charge in [0.05, 0.1) is 12.0 Å². The van der Waals surface area contributed by atoms with Crippen LogP contribution in [0.4, 0.5) is 5.69 Å². The Kier molecular flexibility index (Phi) is 3.27. The van der Waals surface area contributed by atoms with E-state index in [0.717, 1.165) is 0 Å². The molecule has 24 heavy (non-hydrogen) atoms. The predicted octanol–water partition coefficient (Wildman–Crippen LogP) is 2.01. The van der Waals surface area contributed by atoms with E-state index in [4.69, 9.17) is 13.9 Å². The molecule has 8 heteroatoms. The maximum atomic E-state index is 12.4. The van der Waals surface area contributed by atoms with Gasteiger partial charge in [-0.3, -0.25) is 4.79 Å². The number of benzene rings is 1. The van der Waals surface area contributed by atoms with Crippen molar-refractivity contribution in [1.82, 2.24) is 9.97 Å². The molecule has 0 atom stereocenters. The molecule has 0 aliphatic carbocycles. The first kappa shape index (κ1) is 14.1. The van der Waals surface area contributed by atoms with Crippen molar-refractivity contribution >= 4 is 11.6 Å². The number of carbonyl (C=O) groups excluding carboxylic acids is 1. The smallest absolute Gasteiger partial charge is 0.346 e. The zero-order valence-electron chi connectivity index (χ0n) is 12.2. The van der Waals surface area contributed by atoms with Gasteiger partial charge in [0.25, 0.3) is 5.91 Å². The van der Waals surface area contributed by atoms with Gasteiger partial charge in [0.15, 0.2) is 11.5 Å². The minimum absolute atomic E-state index is 0.0252. The van der Waals surface area contributed by atoms with Crippen LogP contribution < -0.4 is 20.5 Å². The maximum absolute atomic E-state index is 12.4. The number of rotatable bonds is 3. The van der Waals surface area contributed by atoms with Crippen molar-refractivity contribution in [2.75, 3.05) is 12.1 Å². The van der Waals surface area contributed by atoms with Crippen molar-refractivity contribution in [3.8, 4) is 23.0 Å². The number of aromatic amines is 1. The minimum Gasteiger partial charge on any atom is -0.463 e. The second-order valence-electron chi connectivity index (χ2n) is 4.98. The second-order valence-corrected chi connectivity index (χ2v) is 4.98. The number of H-pyrrole nitrogens is 1. The number of anilines is 1. The highest BCUT2D eigenvalue weighted by molar-refractivity contribution is 6.03. The molecule has 0 fully saturated rings. The first-order valence-corrected chi connectivity index (χ1v) is 7.05. The molecule has 1 aliphatic rings. The van der Waals surface area contributed by atoms with Gasteiger partial charge in [-0.15, -0.1) is 0 Å². The number of amides is 1. The van der Waals surface area contributed by atoms with Crippen LogP contribution in [0, 0.1) is 0 Å². The van der Waals surface area contributed by atoms with Crippen LogP contribution in [0.2, 0.25) is 0 Å². The van der Waals surface area contributed by atoms with Crippen LogP contribution in [0.5, 0.6) is 11.5 Å². The highest BCUT2D eigenvalue weighted by Crippen LogP contribution is 2.34. The summed E-state index contributed by atoms with van der Waals surface area (Å²) in [7, 11) is 0. The molecule has 1 amide bonds. The third kappa shape index (κ3) is 2.60. The highest BCUT2D eigenvalue weighted by Gasteiger charge is 2.16. The van der Waals surface area contributed by atoms with Crippen LogP contribution in [-0.2, 0) is 0 Å². The highest BCUT2D eigenvalue weighted by atomic mass is 16.7. The molecule has 1 aromatic carbocycles. The van der Waals surface area contributed by atoms with Gasteiger partial charge in [-0.05, 0) is 30.3 Å². The first-order chi connectivity index (χ1) is 11.7. The van der Waals surface area contributed by atoms with Gasteiger partial charge in [-0.1, -0.05) is 0 Å². The second kappa shape index (κ2) is 5.58. The van der Waals surface area contributed by atoms with Crippen LogP contribution in [0.1, 0.15) is 10.5 Å². The van der Waals surface area contributed by atoms with Crippen molar-refractivity contribution in [1.29, 1.82) is 0 Å². The zero-order chi connectivity index (χ0) is 16.5. The van der Waals surface area contributed by atoms with Gasteiger partial charge >= 0.3 is 5.69 Å². The molecule has 4 rings (SSSR count). The van der Waals surface area contributed by atoms with Crippen molar-refractivity contribution in [3.63, 3.8) is 0 Å². The van der Waals surface area contributed by atoms with Gasteiger partial charge in [-0.2, -0.15) is 4.98 Å². The fraction of sp³-hybridized carbons (Fsp3) is 0.0625. The molecule has 1 aliphatic heterocycles. The molecular formula is C16H11N3O5. The minimum atomic E-state index is -0.639. The van der Waals surface area contributed by atoms with Crippen molar-refractivity contribution in [2.24, 2.45) is 0 Å². The molecule has 120 valence electrons. The largest absolute Gasteiger partial charge is 0.463 e. The SMILES string of the molecule is O=C(Nc1ccc2c(c1)OCO2)c1cc(-c2ccco2)[nH]c(=O)n1. The Morgan fingerprint density at radius 3 is 2.88 bits per heavy atom. The summed E-state index contributed by atoms with van der Waals surface area (Å²) in [5.74, 6) is 1.07. The molecule has 8 nitrogen and oxygen atoms in total. The van der Waals surface area contributed by atoms with Gasteiger partial charge in [-0.25, -0.2) is 4.79 Å². The molecule has 0 saturated carbocycles. The molecule has 3 heterocycles. The van der Waals surface area contributed by atoms with E-state index in [1.165, 1.54) is 12.3 Å². The number of nitrogens with zero attached hydrogens (tertiary/aromatic N) is 1. The molecule has 0 bridgehead atoms. The van der Waals surface area contributed by atoms with Gasteiger partial charge in [0, 0.05) is 11.8 Å². The maximum Gasteiger partial charge on any atom is 0.346 e.